The Hall–Kier alpha value is -0.520. The predicted molar refractivity (Wildman–Crippen MR) is 55.1 cm³/mol. The van der Waals surface area contributed by atoms with Crippen molar-refractivity contribution in [3.63, 3.8) is 0 Å². The van der Waals surface area contributed by atoms with Gasteiger partial charge in [-0.1, -0.05) is 31.1 Å². The van der Waals surface area contributed by atoms with Gasteiger partial charge in [-0.15, -0.1) is 6.58 Å². The maximum Gasteiger partial charge on any atom is -0.0177 e. The van der Waals surface area contributed by atoms with E-state index in [2.05, 4.69) is 26.2 Å². The minimum absolute atomic E-state index is 0.775. The van der Waals surface area contributed by atoms with Crippen molar-refractivity contribution in [2.75, 3.05) is 0 Å². The van der Waals surface area contributed by atoms with Gasteiger partial charge in [0.2, 0.25) is 0 Å². The highest BCUT2D eigenvalue weighted by Crippen LogP contribution is 2.36. The van der Waals surface area contributed by atoms with E-state index < -0.39 is 0 Å². The Morgan fingerprint density at radius 1 is 1.42 bits per heavy atom. The minimum Gasteiger partial charge on any atom is -0.103 e. The van der Waals surface area contributed by atoms with Crippen LogP contribution in [-0.2, 0) is 0 Å². The topological polar surface area (TPSA) is 0 Å². The fourth-order valence-electron chi connectivity index (χ4n) is 2.35. The summed E-state index contributed by atoms with van der Waals surface area (Å²) in [5.74, 6) is 1.62. The first-order chi connectivity index (χ1) is 5.75. The predicted octanol–water partition coefficient (Wildman–Crippen LogP) is 3.95. The molecule has 1 aliphatic carbocycles. The molecule has 0 amide bonds. The zero-order chi connectivity index (χ0) is 8.97. The molecule has 2 atom stereocenters. The van der Waals surface area contributed by atoms with E-state index in [0.717, 1.165) is 11.8 Å². The van der Waals surface area contributed by atoms with Crippen molar-refractivity contribution in [1.29, 1.82) is 0 Å². The van der Waals surface area contributed by atoms with Crippen LogP contribution in [0, 0.1) is 11.8 Å². The van der Waals surface area contributed by atoms with Crippen LogP contribution in [-0.4, -0.2) is 0 Å². The van der Waals surface area contributed by atoms with Crippen LogP contribution in [0.4, 0.5) is 0 Å². The molecule has 1 aliphatic rings. The summed E-state index contributed by atoms with van der Waals surface area (Å²) in [6, 6.07) is 0. The summed E-state index contributed by atoms with van der Waals surface area (Å²) < 4.78 is 0. The van der Waals surface area contributed by atoms with Gasteiger partial charge in [-0.2, -0.15) is 0 Å². The first kappa shape index (κ1) is 9.57. The van der Waals surface area contributed by atoms with Crippen LogP contribution in [0.5, 0.6) is 0 Å². The van der Waals surface area contributed by atoms with E-state index in [1.165, 1.54) is 37.7 Å². The van der Waals surface area contributed by atoms with Gasteiger partial charge in [-0.3, -0.25) is 0 Å². The molecule has 1 saturated carbocycles. The SMILES string of the molecule is C=CC[C@H]1CCCC[C@H]1C(=C)C. The summed E-state index contributed by atoms with van der Waals surface area (Å²) in [4.78, 5) is 0. The van der Waals surface area contributed by atoms with Crippen LogP contribution >= 0.6 is 0 Å². The standard InChI is InChI=1S/C12H20/c1-4-7-11-8-5-6-9-12(11)10(2)3/h4,11-12H,1-2,5-9H2,3H3/t11-,12-/m0/s1. The van der Waals surface area contributed by atoms with Crippen LogP contribution in [0.15, 0.2) is 24.8 Å². The molecule has 0 spiro atoms. The molecule has 68 valence electrons. The molecule has 0 nitrogen and oxygen atoms in total. The molecule has 0 aromatic carbocycles. The molecular formula is C12H20. The lowest BCUT2D eigenvalue weighted by molar-refractivity contribution is 0.274. The van der Waals surface area contributed by atoms with Crippen molar-refractivity contribution in [3.8, 4) is 0 Å². The second kappa shape index (κ2) is 4.49. The summed E-state index contributed by atoms with van der Waals surface area (Å²) >= 11 is 0. The zero-order valence-electron chi connectivity index (χ0n) is 8.18. The van der Waals surface area contributed by atoms with Crippen LogP contribution in [0.3, 0.4) is 0 Å². The third kappa shape index (κ3) is 2.23. The average molecular weight is 164 g/mol. The first-order valence-corrected chi connectivity index (χ1v) is 5.02. The van der Waals surface area contributed by atoms with Crippen molar-refractivity contribution in [3.05, 3.63) is 24.8 Å². The van der Waals surface area contributed by atoms with Crippen molar-refractivity contribution >= 4 is 0 Å². The second-order valence-corrected chi connectivity index (χ2v) is 4.02. The van der Waals surface area contributed by atoms with E-state index in [0.29, 0.717) is 0 Å². The third-order valence-electron chi connectivity index (χ3n) is 3.01. The molecule has 0 heterocycles. The third-order valence-corrected chi connectivity index (χ3v) is 3.01. The van der Waals surface area contributed by atoms with Crippen molar-refractivity contribution in [1.82, 2.24) is 0 Å². The van der Waals surface area contributed by atoms with Gasteiger partial charge in [-0.25, -0.2) is 0 Å². The lowest BCUT2D eigenvalue weighted by atomic mass is 9.74. The van der Waals surface area contributed by atoms with Crippen molar-refractivity contribution in [2.24, 2.45) is 11.8 Å². The molecule has 0 heteroatoms. The highest BCUT2D eigenvalue weighted by atomic mass is 14.3. The molecule has 0 bridgehead atoms. The number of hydrogen-bond donors (Lipinski definition) is 0. The fourth-order valence-corrected chi connectivity index (χ4v) is 2.35. The van der Waals surface area contributed by atoms with E-state index >= 15 is 0 Å². The van der Waals surface area contributed by atoms with Crippen LogP contribution < -0.4 is 0 Å². The molecule has 0 radical (unpaired) electrons. The van der Waals surface area contributed by atoms with Gasteiger partial charge in [0, 0.05) is 0 Å². The Morgan fingerprint density at radius 2 is 2.08 bits per heavy atom. The second-order valence-electron chi connectivity index (χ2n) is 4.02. The maximum atomic E-state index is 4.08. The summed E-state index contributed by atoms with van der Waals surface area (Å²) in [5, 5.41) is 0. The maximum absolute atomic E-state index is 4.08. The molecule has 0 N–H and O–H groups in total. The smallest absolute Gasteiger partial charge is 0.0177 e. The van der Waals surface area contributed by atoms with E-state index in [-0.39, 0.29) is 0 Å². The average Bonchev–Trinajstić information content (AvgIpc) is 2.05. The molecule has 0 saturated heterocycles. The quantitative estimate of drug-likeness (QED) is 0.554. The van der Waals surface area contributed by atoms with Crippen molar-refractivity contribution in [2.45, 2.75) is 39.0 Å². The number of hydrogen-bond acceptors (Lipinski definition) is 0. The summed E-state index contributed by atoms with van der Waals surface area (Å²) in [5.41, 5.74) is 1.38. The van der Waals surface area contributed by atoms with Gasteiger partial charge in [0.15, 0.2) is 0 Å². The van der Waals surface area contributed by atoms with Gasteiger partial charge < -0.3 is 0 Å². The van der Waals surface area contributed by atoms with Crippen LogP contribution in [0.25, 0.3) is 0 Å². The molecule has 0 aromatic heterocycles. The molecule has 12 heavy (non-hydrogen) atoms. The van der Waals surface area contributed by atoms with Gasteiger partial charge in [0.05, 0.1) is 0 Å². The van der Waals surface area contributed by atoms with E-state index in [1.54, 1.807) is 0 Å². The summed E-state index contributed by atoms with van der Waals surface area (Å²) in [6.45, 7) is 10.1. The number of allylic oxidation sites excluding steroid dienone is 2. The fraction of sp³-hybridized carbons (Fsp3) is 0.667. The highest BCUT2D eigenvalue weighted by molar-refractivity contribution is 5.01. The summed E-state index contributed by atoms with van der Waals surface area (Å²) in [7, 11) is 0. The van der Waals surface area contributed by atoms with E-state index in [1.807, 2.05) is 0 Å². The highest BCUT2D eigenvalue weighted by Gasteiger charge is 2.23. The number of rotatable bonds is 3. The summed E-state index contributed by atoms with van der Waals surface area (Å²) in [6.07, 6.45) is 8.77. The molecule has 0 aromatic rings. The first-order valence-electron chi connectivity index (χ1n) is 5.02. The lowest BCUT2D eigenvalue weighted by Gasteiger charge is -2.31. The molecule has 1 rings (SSSR count). The Morgan fingerprint density at radius 3 is 2.67 bits per heavy atom. The minimum atomic E-state index is 0.775. The molecule has 1 fully saturated rings. The normalized spacial score (nSPS) is 29.8. The molecule has 0 unspecified atom stereocenters. The van der Waals surface area contributed by atoms with Crippen LogP contribution in [0.2, 0.25) is 0 Å². The van der Waals surface area contributed by atoms with Crippen LogP contribution in [0.1, 0.15) is 39.0 Å². The molecular weight excluding hydrogens is 144 g/mol. The Kier molecular flexibility index (Phi) is 3.58. The lowest BCUT2D eigenvalue weighted by Crippen LogP contribution is -2.19. The van der Waals surface area contributed by atoms with Gasteiger partial charge in [0.1, 0.15) is 0 Å². The Labute approximate surface area is 76.4 Å². The zero-order valence-corrected chi connectivity index (χ0v) is 8.18. The van der Waals surface area contributed by atoms with Gasteiger partial charge >= 0.3 is 0 Å². The van der Waals surface area contributed by atoms with E-state index in [9.17, 15) is 0 Å². The monoisotopic (exact) mass is 164 g/mol. The van der Waals surface area contributed by atoms with E-state index in [4.69, 9.17) is 0 Å². The Bertz CT molecular complexity index is 167. The Balaban J connectivity index is 2.53. The van der Waals surface area contributed by atoms with Gasteiger partial charge in [0.25, 0.3) is 0 Å². The molecule has 0 aliphatic heterocycles. The van der Waals surface area contributed by atoms with Gasteiger partial charge in [-0.05, 0) is 38.0 Å². The largest absolute Gasteiger partial charge is 0.103 e. The van der Waals surface area contributed by atoms with Crippen molar-refractivity contribution < 1.29 is 0 Å².